The van der Waals surface area contributed by atoms with Crippen molar-refractivity contribution in [2.45, 2.75) is 20.4 Å². The number of methoxy groups -OCH3 is 1. The molecule has 0 aliphatic rings. The standard InChI is InChI=1S/C24H26ClFN4O/c1-7-17-15(3)28-24(18-10-11-19(25)22(21(18)26)30(4)5)29-23(17)27-13-16-9-8-14(2)12-20(16)31-6/h7-12H,1,13H2,2-6H3,(H,27,28,29). The molecule has 1 N–H and O–H groups in total. The summed E-state index contributed by atoms with van der Waals surface area (Å²) in [6.45, 7) is 8.22. The van der Waals surface area contributed by atoms with E-state index in [1.807, 2.05) is 32.0 Å². The fourth-order valence-corrected chi connectivity index (χ4v) is 3.70. The van der Waals surface area contributed by atoms with Crippen LogP contribution in [0.3, 0.4) is 0 Å². The van der Waals surface area contributed by atoms with Crippen LogP contribution in [0.1, 0.15) is 22.4 Å². The third-order valence-electron chi connectivity index (χ3n) is 4.98. The van der Waals surface area contributed by atoms with E-state index in [4.69, 9.17) is 16.3 Å². The molecule has 1 heterocycles. The normalized spacial score (nSPS) is 10.7. The largest absolute Gasteiger partial charge is 0.496 e. The molecule has 3 rings (SSSR count). The zero-order valence-corrected chi connectivity index (χ0v) is 19.1. The Morgan fingerprint density at radius 1 is 1.19 bits per heavy atom. The Morgan fingerprint density at radius 3 is 2.58 bits per heavy atom. The highest BCUT2D eigenvalue weighted by Crippen LogP contribution is 2.35. The number of rotatable bonds is 7. The van der Waals surface area contributed by atoms with Gasteiger partial charge in [-0.05, 0) is 37.6 Å². The van der Waals surface area contributed by atoms with Crippen LogP contribution >= 0.6 is 11.6 Å². The number of ether oxygens (including phenoxy) is 1. The number of hydrogen-bond acceptors (Lipinski definition) is 5. The highest BCUT2D eigenvalue weighted by Gasteiger charge is 2.19. The summed E-state index contributed by atoms with van der Waals surface area (Å²) in [5, 5.41) is 3.66. The molecule has 0 radical (unpaired) electrons. The van der Waals surface area contributed by atoms with Gasteiger partial charge in [-0.15, -0.1) is 0 Å². The topological polar surface area (TPSA) is 50.3 Å². The number of hydrogen-bond donors (Lipinski definition) is 1. The molecule has 0 bridgehead atoms. The van der Waals surface area contributed by atoms with Crippen LogP contribution < -0.4 is 15.0 Å². The lowest BCUT2D eigenvalue weighted by atomic mass is 10.1. The lowest BCUT2D eigenvalue weighted by molar-refractivity contribution is 0.410. The second-order valence-corrected chi connectivity index (χ2v) is 7.83. The monoisotopic (exact) mass is 440 g/mol. The second-order valence-electron chi connectivity index (χ2n) is 7.42. The van der Waals surface area contributed by atoms with E-state index in [9.17, 15) is 0 Å². The van der Waals surface area contributed by atoms with Crippen LogP contribution in [0, 0.1) is 19.7 Å². The summed E-state index contributed by atoms with van der Waals surface area (Å²) in [4.78, 5) is 10.8. The maximum absolute atomic E-state index is 15.2. The zero-order chi connectivity index (χ0) is 22.7. The number of anilines is 2. The van der Waals surface area contributed by atoms with Crippen molar-refractivity contribution in [3.8, 4) is 17.1 Å². The van der Waals surface area contributed by atoms with Crippen LogP contribution in [0.2, 0.25) is 5.02 Å². The van der Waals surface area contributed by atoms with E-state index in [1.165, 1.54) is 0 Å². The lowest BCUT2D eigenvalue weighted by Gasteiger charge is -2.18. The average molecular weight is 441 g/mol. The van der Waals surface area contributed by atoms with Crippen molar-refractivity contribution in [2.75, 3.05) is 31.4 Å². The number of aryl methyl sites for hydroxylation is 2. The van der Waals surface area contributed by atoms with Gasteiger partial charge in [0.25, 0.3) is 0 Å². The summed E-state index contributed by atoms with van der Waals surface area (Å²) in [6, 6.07) is 9.26. The van der Waals surface area contributed by atoms with E-state index >= 15 is 4.39 Å². The third-order valence-corrected chi connectivity index (χ3v) is 5.29. The quantitative estimate of drug-likeness (QED) is 0.497. The summed E-state index contributed by atoms with van der Waals surface area (Å²) in [5.41, 5.74) is 4.13. The number of nitrogens with zero attached hydrogens (tertiary/aromatic N) is 3. The molecule has 0 spiro atoms. The van der Waals surface area contributed by atoms with E-state index in [-0.39, 0.29) is 11.4 Å². The number of aromatic nitrogens is 2. The summed E-state index contributed by atoms with van der Waals surface area (Å²) in [7, 11) is 5.12. The minimum atomic E-state index is -0.464. The first kappa shape index (κ1) is 22.6. The second kappa shape index (κ2) is 9.35. The molecule has 162 valence electrons. The third kappa shape index (κ3) is 4.64. The minimum Gasteiger partial charge on any atom is -0.496 e. The summed E-state index contributed by atoms with van der Waals surface area (Å²) in [5.74, 6) is 1.17. The van der Waals surface area contributed by atoms with Gasteiger partial charge in [0.05, 0.1) is 29.1 Å². The molecule has 0 amide bonds. The predicted octanol–water partition coefficient (Wildman–Crippen LogP) is 5.88. The molecule has 0 fully saturated rings. The molecule has 1 aromatic heterocycles. The maximum atomic E-state index is 15.2. The molecule has 5 nitrogen and oxygen atoms in total. The van der Waals surface area contributed by atoms with Crippen molar-refractivity contribution in [1.82, 2.24) is 9.97 Å². The van der Waals surface area contributed by atoms with Crippen LogP contribution in [0.25, 0.3) is 17.5 Å². The number of halogens is 2. The van der Waals surface area contributed by atoms with Crippen LogP contribution in [0.5, 0.6) is 5.75 Å². The molecule has 0 saturated carbocycles. The van der Waals surface area contributed by atoms with Gasteiger partial charge < -0.3 is 15.0 Å². The number of nitrogens with one attached hydrogen (secondary N) is 1. The van der Waals surface area contributed by atoms with E-state index in [1.54, 1.807) is 44.3 Å². The Bertz CT molecular complexity index is 1130. The molecule has 0 aliphatic heterocycles. The van der Waals surface area contributed by atoms with Crippen molar-refractivity contribution >= 4 is 29.2 Å². The summed E-state index contributed by atoms with van der Waals surface area (Å²) >= 11 is 6.19. The first-order valence-corrected chi connectivity index (χ1v) is 10.2. The SMILES string of the molecule is C=Cc1c(C)nc(-c2ccc(Cl)c(N(C)C)c2F)nc1NCc1ccc(C)cc1OC. The highest BCUT2D eigenvalue weighted by atomic mass is 35.5. The summed E-state index contributed by atoms with van der Waals surface area (Å²) < 4.78 is 20.7. The van der Waals surface area contributed by atoms with Crippen LogP contribution in [0.4, 0.5) is 15.9 Å². The predicted molar refractivity (Wildman–Crippen MR) is 127 cm³/mol. The smallest absolute Gasteiger partial charge is 0.164 e. The molecule has 0 aliphatic carbocycles. The minimum absolute atomic E-state index is 0.277. The molecule has 7 heteroatoms. The highest BCUT2D eigenvalue weighted by molar-refractivity contribution is 6.33. The molecular formula is C24H26ClFN4O. The van der Waals surface area contributed by atoms with E-state index in [0.29, 0.717) is 28.8 Å². The van der Waals surface area contributed by atoms with Gasteiger partial charge in [0.2, 0.25) is 0 Å². The molecule has 0 unspecified atom stereocenters. The Balaban J connectivity index is 2.04. The fraction of sp³-hybridized carbons (Fsp3) is 0.250. The maximum Gasteiger partial charge on any atom is 0.164 e. The molecule has 0 saturated heterocycles. The average Bonchev–Trinajstić information content (AvgIpc) is 2.72. The Kier molecular flexibility index (Phi) is 6.81. The number of benzene rings is 2. The van der Waals surface area contributed by atoms with Crippen molar-refractivity contribution in [3.05, 3.63) is 70.1 Å². The van der Waals surface area contributed by atoms with Crippen molar-refractivity contribution in [2.24, 2.45) is 0 Å². The van der Waals surface area contributed by atoms with Crippen LogP contribution in [0.15, 0.2) is 36.9 Å². The molecule has 2 aromatic carbocycles. The Labute approximate surface area is 187 Å². The van der Waals surface area contributed by atoms with Gasteiger partial charge in [0.15, 0.2) is 11.6 Å². The summed E-state index contributed by atoms with van der Waals surface area (Å²) in [6.07, 6.45) is 1.69. The zero-order valence-electron chi connectivity index (χ0n) is 18.4. The van der Waals surface area contributed by atoms with Gasteiger partial charge in [-0.1, -0.05) is 36.4 Å². The fourth-order valence-electron chi connectivity index (χ4n) is 3.38. The van der Waals surface area contributed by atoms with Gasteiger partial charge in [0, 0.05) is 31.8 Å². The molecule has 3 aromatic rings. The molecular weight excluding hydrogens is 415 g/mol. The van der Waals surface area contributed by atoms with Gasteiger partial charge in [-0.3, -0.25) is 0 Å². The first-order valence-electron chi connectivity index (χ1n) is 9.81. The van der Waals surface area contributed by atoms with Gasteiger partial charge in [-0.2, -0.15) is 0 Å². The van der Waals surface area contributed by atoms with E-state index in [0.717, 1.165) is 22.4 Å². The van der Waals surface area contributed by atoms with E-state index < -0.39 is 5.82 Å². The van der Waals surface area contributed by atoms with Gasteiger partial charge in [-0.25, -0.2) is 14.4 Å². The molecule has 31 heavy (non-hydrogen) atoms. The van der Waals surface area contributed by atoms with Crippen LogP contribution in [-0.2, 0) is 6.54 Å². The molecule has 0 atom stereocenters. The van der Waals surface area contributed by atoms with Crippen LogP contribution in [-0.4, -0.2) is 31.2 Å². The van der Waals surface area contributed by atoms with Gasteiger partial charge in [0.1, 0.15) is 11.6 Å². The van der Waals surface area contributed by atoms with E-state index in [2.05, 4.69) is 21.9 Å². The Hall–Kier alpha value is -3.12. The lowest BCUT2D eigenvalue weighted by Crippen LogP contribution is -2.13. The first-order chi connectivity index (χ1) is 14.8. The van der Waals surface area contributed by atoms with Crippen molar-refractivity contribution in [1.29, 1.82) is 0 Å². The van der Waals surface area contributed by atoms with Gasteiger partial charge >= 0.3 is 0 Å². The van der Waals surface area contributed by atoms with Crippen molar-refractivity contribution in [3.63, 3.8) is 0 Å². The Morgan fingerprint density at radius 2 is 1.94 bits per heavy atom. The van der Waals surface area contributed by atoms with Crippen molar-refractivity contribution < 1.29 is 9.13 Å².